The zero-order chi connectivity index (χ0) is 8.27. The van der Waals surface area contributed by atoms with Gasteiger partial charge in [0.15, 0.2) is 12.1 Å². The van der Waals surface area contributed by atoms with Crippen LogP contribution in [-0.2, 0) is 9.53 Å². The second-order valence-corrected chi connectivity index (χ2v) is 2.30. The van der Waals surface area contributed by atoms with Gasteiger partial charge in [-0.05, 0) is 18.6 Å². The highest BCUT2D eigenvalue weighted by atomic mass is 16.6. The first-order valence-corrected chi connectivity index (χ1v) is 3.40. The summed E-state index contributed by atoms with van der Waals surface area (Å²) < 4.78 is 4.89. The molecule has 1 aliphatic rings. The quantitative estimate of drug-likeness (QED) is 0.586. The van der Waals surface area contributed by atoms with Crippen molar-refractivity contribution in [3.63, 3.8) is 0 Å². The molecule has 1 aliphatic heterocycles. The average molecular weight is 154 g/mol. The molecular weight excluding hydrogens is 144 g/mol. The van der Waals surface area contributed by atoms with Crippen molar-refractivity contribution < 1.29 is 14.6 Å². The smallest absolute Gasteiger partial charge is 0.184 e. The molecule has 0 amide bonds. The zero-order valence-electron chi connectivity index (χ0n) is 6.06. The lowest BCUT2D eigenvalue weighted by Crippen LogP contribution is -2.30. The van der Waals surface area contributed by atoms with Gasteiger partial charge in [0, 0.05) is 0 Å². The predicted molar refractivity (Wildman–Crippen MR) is 39.8 cm³/mol. The number of ketones is 1. The molecule has 1 rings (SSSR count). The average Bonchev–Trinajstić information content (AvgIpc) is 1.98. The van der Waals surface area contributed by atoms with Crippen LogP contribution in [-0.4, -0.2) is 23.3 Å². The Hall–Kier alpha value is -0.930. The molecule has 1 heterocycles. The molecule has 0 aromatic carbocycles. The minimum atomic E-state index is -0.947. The van der Waals surface area contributed by atoms with Crippen LogP contribution in [0, 0.1) is 0 Å². The molecule has 0 aliphatic carbocycles. The lowest BCUT2D eigenvalue weighted by Gasteiger charge is -2.19. The number of aliphatic hydroxyl groups is 1. The maximum absolute atomic E-state index is 11.0. The minimum absolute atomic E-state index is 0.116. The number of carbonyl (C=O) groups excluding carboxylic acids is 1. The van der Waals surface area contributed by atoms with Crippen LogP contribution in [0.1, 0.15) is 6.42 Å². The number of hydrogen-bond donors (Lipinski definition) is 1. The summed E-state index contributed by atoms with van der Waals surface area (Å²) in [6, 6.07) is 0. The van der Waals surface area contributed by atoms with E-state index < -0.39 is 12.4 Å². The standard InChI is InChI=1S/C8H10O3/c1-2-3-7-6(9)4-5-8(10)11-7/h2,4-5,7-8,10H,1,3H2/t7-,8-/m0/s1. The van der Waals surface area contributed by atoms with Crippen LogP contribution >= 0.6 is 0 Å². The Bertz CT molecular complexity index is 196. The molecule has 0 aromatic rings. The highest BCUT2D eigenvalue weighted by molar-refractivity contribution is 5.94. The molecule has 11 heavy (non-hydrogen) atoms. The maximum Gasteiger partial charge on any atom is 0.184 e. The van der Waals surface area contributed by atoms with Gasteiger partial charge in [0.05, 0.1) is 0 Å². The van der Waals surface area contributed by atoms with E-state index in [0.717, 1.165) is 0 Å². The predicted octanol–water partition coefficient (Wildman–Crippen LogP) is 0.405. The van der Waals surface area contributed by atoms with Crippen LogP contribution in [0.2, 0.25) is 0 Å². The number of rotatable bonds is 2. The number of ether oxygens (including phenoxy) is 1. The number of carbonyl (C=O) groups is 1. The van der Waals surface area contributed by atoms with Gasteiger partial charge < -0.3 is 9.84 Å². The Morgan fingerprint density at radius 1 is 1.82 bits per heavy atom. The first kappa shape index (κ1) is 8.17. The van der Waals surface area contributed by atoms with Gasteiger partial charge in [-0.25, -0.2) is 0 Å². The molecular formula is C8H10O3. The molecule has 0 radical (unpaired) electrons. The largest absolute Gasteiger partial charge is 0.365 e. The normalized spacial score (nSPS) is 30.5. The maximum atomic E-state index is 11.0. The van der Waals surface area contributed by atoms with Crippen molar-refractivity contribution in [3.05, 3.63) is 24.8 Å². The topological polar surface area (TPSA) is 46.5 Å². The summed E-state index contributed by atoms with van der Waals surface area (Å²) >= 11 is 0. The van der Waals surface area contributed by atoms with Crippen molar-refractivity contribution in [1.29, 1.82) is 0 Å². The molecule has 3 heteroatoms. The minimum Gasteiger partial charge on any atom is -0.365 e. The third-order valence-corrected chi connectivity index (χ3v) is 1.43. The molecule has 3 nitrogen and oxygen atoms in total. The summed E-state index contributed by atoms with van der Waals surface area (Å²) in [6.07, 6.45) is 3.20. The second-order valence-electron chi connectivity index (χ2n) is 2.30. The fourth-order valence-electron chi connectivity index (χ4n) is 0.888. The van der Waals surface area contributed by atoms with E-state index in [1.807, 2.05) is 0 Å². The zero-order valence-corrected chi connectivity index (χ0v) is 6.06. The molecule has 0 fully saturated rings. The van der Waals surface area contributed by atoms with Crippen LogP contribution in [0.15, 0.2) is 24.8 Å². The molecule has 2 atom stereocenters. The molecule has 60 valence electrons. The van der Waals surface area contributed by atoms with Crippen molar-refractivity contribution in [2.75, 3.05) is 0 Å². The molecule has 1 N–H and O–H groups in total. The third-order valence-electron chi connectivity index (χ3n) is 1.43. The van der Waals surface area contributed by atoms with Gasteiger partial charge in [-0.2, -0.15) is 0 Å². The van der Waals surface area contributed by atoms with Gasteiger partial charge in [-0.15, -0.1) is 6.58 Å². The second kappa shape index (κ2) is 3.46. The summed E-state index contributed by atoms with van der Waals surface area (Å²) in [5, 5.41) is 8.93. The van der Waals surface area contributed by atoms with E-state index >= 15 is 0 Å². The monoisotopic (exact) mass is 154 g/mol. The Balaban J connectivity index is 2.60. The molecule has 0 saturated heterocycles. The highest BCUT2D eigenvalue weighted by Crippen LogP contribution is 2.10. The van der Waals surface area contributed by atoms with Gasteiger partial charge >= 0.3 is 0 Å². The fourth-order valence-corrected chi connectivity index (χ4v) is 0.888. The van der Waals surface area contributed by atoms with E-state index in [9.17, 15) is 4.79 Å². The summed E-state index contributed by atoms with van der Waals surface area (Å²) in [4.78, 5) is 11.0. The van der Waals surface area contributed by atoms with Crippen molar-refractivity contribution in [2.45, 2.75) is 18.8 Å². The number of hydrogen-bond acceptors (Lipinski definition) is 3. The van der Waals surface area contributed by atoms with Crippen molar-refractivity contribution in [3.8, 4) is 0 Å². The van der Waals surface area contributed by atoms with Gasteiger partial charge in [0.1, 0.15) is 6.10 Å². The van der Waals surface area contributed by atoms with Gasteiger partial charge in [-0.3, -0.25) is 4.79 Å². The Morgan fingerprint density at radius 2 is 2.55 bits per heavy atom. The SMILES string of the molecule is C=CC[C@@H]1O[C@H](O)C=CC1=O. The van der Waals surface area contributed by atoms with Crippen LogP contribution in [0.4, 0.5) is 0 Å². The fraction of sp³-hybridized carbons (Fsp3) is 0.375. The Labute approximate surface area is 65.0 Å². The lowest BCUT2D eigenvalue weighted by molar-refractivity contribution is -0.147. The van der Waals surface area contributed by atoms with E-state index in [2.05, 4.69) is 6.58 Å². The van der Waals surface area contributed by atoms with Crippen LogP contribution in [0.5, 0.6) is 0 Å². The first-order chi connectivity index (χ1) is 5.24. The Kier molecular flexibility index (Phi) is 2.57. The summed E-state index contributed by atoms with van der Waals surface area (Å²) in [7, 11) is 0. The van der Waals surface area contributed by atoms with E-state index in [0.29, 0.717) is 6.42 Å². The van der Waals surface area contributed by atoms with Crippen LogP contribution < -0.4 is 0 Å². The lowest BCUT2D eigenvalue weighted by atomic mass is 10.1. The van der Waals surface area contributed by atoms with Gasteiger partial charge in [0.2, 0.25) is 0 Å². The Morgan fingerprint density at radius 3 is 3.18 bits per heavy atom. The van der Waals surface area contributed by atoms with E-state index in [1.54, 1.807) is 6.08 Å². The molecule has 0 unspecified atom stereocenters. The van der Waals surface area contributed by atoms with E-state index in [1.165, 1.54) is 12.2 Å². The molecule has 0 bridgehead atoms. The number of aliphatic hydroxyl groups excluding tert-OH is 1. The van der Waals surface area contributed by atoms with Crippen LogP contribution in [0.3, 0.4) is 0 Å². The molecule has 0 saturated carbocycles. The van der Waals surface area contributed by atoms with Crippen molar-refractivity contribution in [2.24, 2.45) is 0 Å². The summed E-state index contributed by atoms with van der Waals surface area (Å²) in [5.41, 5.74) is 0. The van der Waals surface area contributed by atoms with E-state index in [4.69, 9.17) is 9.84 Å². The molecule has 0 aromatic heterocycles. The molecule has 0 spiro atoms. The highest BCUT2D eigenvalue weighted by Gasteiger charge is 2.21. The van der Waals surface area contributed by atoms with Crippen LogP contribution in [0.25, 0.3) is 0 Å². The summed E-state index contributed by atoms with van der Waals surface area (Å²) in [6.45, 7) is 3.48. The van der Waals surface area contributed by atoms with Crippen molar-refractivity contribution >= 4 is 5.78 Å². The third kappa shape index (κ3) is 2.00. The first-order valence-electron chi connectivity index (χ1n) is 3.40. The summed E-state index contributed by atoms with van der Waals surface area (Å²) in [5.74, 6) is -0.116. The van der Waals surface area contributed by atoms with Crippen molar-refractivity contribution in [1.82, 2.24) is 0 Å². The van der Waals surface area contributed by atoms with Gasteiger partial charge in [-0.1, -0.05) is 6.08 Å². The van der Waals surface area contributed by atoms with E-state index in [-0.39, 0.29) is 5.78 Å². The van der Waals surface area contributed by atoms with Gasteiger partial charge in [0.25, 0.3) is 0 Å².